The van der Waals surface area contributed by atoms with Gasteiger partial charge in [0.05, 0.1) is 11.6 Å². The van der Waals surface area contributed by atoms with Crippen molar-refractivity contribution in [3.05, 3.63) is 133 Å². The van der Waals surface area contributed by atoms with Crippen LogP contribution in [0.3, 0.4) is 0 Å². The lowest BCUT2D eigenvalue weighted by molar-refractivity contribution is 1.49. The van der Waals surface area contributed by atoms with Crippen LogP contribution < -0.4 is 0 Å². The number of nitriles is 1. The minimum Gasteiger partial charge on any atom is -0.192 e. The fourth-order valence-electron chi connectivity index (χ4n) is 5.70. The van der Waals surface area contributed by atoms with E-state index >= 15 is 0 Å². The molecule has 166 valence electrons. The van der Waals surface area contributed by atoms with E-state index in [2.05, 4.69) is 121 Å². The van der Waals surface area contributed by atoms with E-state index < -0.39 is 0 Å². The summed E-state index contributed by atoms with van der Waals surface area (Å²) in [6, 6.07) is 47.4. The summed E-state index contributed by atoms with van der Waals surface area (Å²) >= 11 is 0. The molecule has 7 aromatic carbocycles. The van der Waals surface area contributed by atoms with Gasteiger partial charge in [0, 0.05) is 0 Å². The van der Waals surface area contributed by atoms with Gasteiger partial charge in [0.25, 0.3) is 0 Å². The molecule has 0 aliphatic heterocycles. The second-order valence-corrected chi connectivity index (χ2v) is 9.22. The fraction of sp³-hybridized carbons (Fsp3) is 0. The molecule has 0 N–H and O–H groups in total. The van der Waals surface area contributed by atoms with E-state index in [9.17, 15) is 5.26 Å². The van der Waals surface area contributed by atoms with E-state index in [1.165, 1.54) is 59.8 Å². The molecule has 7 aromatic rings. The van der Waals surface area contributed by atoms with Gasteiger partial charge < -0.3 is 0 Å². The van der Waals surface area contributed by atoms with Crippen LogP contribution in [0.25, 0.3) is 65.3 Å². The van der Waals surface area contributed by atoms with Crippen molar-refractivity contribution in [2.45, 2.75) is 0 Å². The number of fused-ring (bicyclic) bond motifs is 5. The monoisotopic (exact) mass is 455 g/mol. The van der Waals surface area contributed by atoms with E-state index in [0.717, 1.165) is 5.56 Å². The zero-order chi connectivity index (χ0) is 24.1. The topological polar surface area (TPSA) is 23.8 Å². The SMILES string of the molecule is N#Cc1ccc(-c2c3ccccc3c(-c3cc4ccccc4c4ccccc34)c3ccccc23)cc1. The van der Waals surface area contributed by atoms with Crippen LogP contribution in [0, 0.1) is 11.3 Å². The van der Waals surface area contributed by atoms with Crippen molar-refractivity contribution in [3.63, 3.8) is 0 Å². The Morgan fingerprint density at radius 3 is 1.47 bits per heavy atom. The molecule has 0 saturated heterocycles. The maximum Gasteiger partial charge on any atom is 0.0991 e. The van der Waals surface area contributed by atoms with Gasteiger partial charge in [-0.25, -0.2) is 0 Å². The molecule has 0 radical (unpaired) electrons. The summed E-state index contributed by atoms with van der Waals surface area (Å²) in [5, 5.41) is 19.3. The third-order valence-corrected chi connectivity index (χ3v) is 7.27. The predicted molar refractivity (Wildman–Crippen MR) is 152 cm³/mol. The Morgan fingerprint density at radius 1 is 0.417 bits per heavy atom. The molecule has 1 heteroatoms. The molecule has 36 heavy (non-hydrogen) atoms. The number of nitrogens with zero attached hydrogens (tertiary/aromatic N) is 1. The summed E-state index contributed by atoms with van der Waals surface area (Å²) in [6.07, 6.45) is 0. The third-order valence-electron chi connectivity index (χ3n) is 7.27. The summed E-state index contributed by atoms with van der Waals surface area (Å²) in [4.78, 5) is 0. The summed E-state index contributed by atoms with van der Waals surface area (Å²) < 4.78 is 0. The molecule has 7 rings (SSSR count). The van der Waals surface area contributed by atoms with Crippen molar-refractivity contribution >= 4 is 43.1 Å². The predicted octanol–water partition coefficient (Wildman–Crippen LogP) is 9.51. The van der Waals surface area contributed by atoms with Gasteiger partial charge in [0.2, 0.25) is 0 Å². The molecular formula is C35H21N. The third kappa shape index (κ3) is 3.02. The van der Waals surface area contributed by atoms with Crippen LogP contribution in [-0.2, 0) is 0 Å². The van der Waals surface area contributed by atoms with E-state index in [0.29, 0.717) is 5.56 Å². The zero-order valence-electron chi connectivity index (χ0n) is 19.6. The molecule has 1 nitrogen and oxygen atoms in total. The Morgan fingerprint density at radius 2 is 0.889 bits per heavy atom. The van der Waals surface area contributed by atoms with Crippen molar-refractivity contribution in [1.29, 1.82) is 5.26 Å². The van der Waals surface area contributed by atoms with Crippen molar-refractivity contribution in [1.82, 2.24) is 0 Å². The first kappa shape index (κ1) is 20.4. The van der Waals surface area contributed by atoms with Crippen molar-refractivity contribution in [2.24, 2.45) is 0 Å². The lowest BCUT2D eigenvalue weighted by Gasteiger charge is -2.19. The van der Waals surface area contributed by atoms with Gasteiger partial charge >= 0.3 is 0 Å². The highest BCUT2D eigenvalue weighted by molar-refractivity contribution is 6.25. The average molecular weight is 456 g/mol. The van der Waals surface area contributed by atoms with E-state index in [4.69, 9.17) is 0 Å². The maximum atomic E-state index is 9.32. The second-order valence-electron chi connectivity index (χ2n) is 9.22. The first-order valence-corrected chi connectivity index (χ1v) is 12.2. The molecule has 0 atom stereocenters. The Labute approximate surface area is 209 Å². The minimum absolute atomic E-state index is 0.673. The van der Waals surface area contributed by atoms with Gasteiger partial charge in [-0.2, -0.15) is 5.26 Å². The molecule has 0 aliphatic rings. The van der Waals surface area contributed by atoms with Gasteiger partial charge in [-0.1, -0.05) is 109 Å². The van der Waals surface area contributed by atoms with Crippen molar-refractivity contribution in [2.75, 3.05) is 0 Å². The highest BCUT2D eigenvalue weighted by Crippen LogP contribution is 2.46. The molecule has 0 aromatic heterocycles. The van der Waals surface area contributed by atoms with Gasteiger partial charge in [0.1, 0.15) is 0 Å². The van der Waals surface area contributed by atoms with Gasteiger partial charge in [-0.3, -0.25) is 0 Å². The molecular weight excluding hydrogens is 434 g/mol. The van der Waals surface area contributed by atoms with E-state index in [-0.39, 0.29) is 0 Å². The standard InChI is InChI=1S/C35H21N/c36-22-23-17-19-24(20-18-23)34-29-13-5-7-15-31(29)35(32-16-8-6-14-30(32)34)33-21-25-9-1-2-10-26(25)27-11-3-4-12-28(27)33/h1-21H. The highest BCUT2D eigenvalue weighted by atomic mass is 14.2. The Kier molecular flexibility index (Phi) is 4.59. The van der Waals surface area contributed by atoms with Gasteiger partial charge in [0.15, 0.2) is 0 Å². The molecule has 0 fully saturated rings. The average Bonchev–Trinajstić information content (AvgIpc) is 2.95. The first-order valence-electron chi connectivity index (χ1n) is 12.2. The first-order chi connectivity index (χ1) is 17.8. The van der Waals surface area contributed by atoms with Crippen LogP contribution in [0.4, 0.5) is 0 Å². The fourth-order valence-corrected chi connectivity index (χ4v) is 5.70. The van der Waals surface area contributed by atoms with Crippen LogP contribution in [0.1, 0.15) is 5.56 Å². The highest BCUT2D eigenvalue weighted by Gasteiger charge is 2.18. The molecule has 0 bridgehead atoms. The Balaban J connectivity index is 1.68. The maximum absolute atomic E-state index is 9.32. The number of rotatable bonds is 2. The van der Waals surface area contributed by atoms with Crippen LogP contribution in [-0.4, -0.2) is 0 Å². The summed E-state index contributed by atoms with van der Waals surface area (Å²) in [5.74, 6) is 0. The smallest absolute Gasteiger partial charge is 0.0991 e. The van der Waals surface area contributed by atoms with Gasteiger partial charge in [-0.15, -0.1) is 0 Å². The molecule has 0 amide bonds. The normalized spacial score (nSPS) is 11.3. The van der Waals surface area contributed by atoms with E-state index in [1.807, 2.05) is 12.1 Å². The summed E-state index contributed by atoms with van der Waals surface area (Å²) in [7, 11) is 0. The van der Waals surface area contributed by atoms with Gasteiger partial charge in [-0.05, 0) is 83.5 Å². The number of benzene rings is 7. The summed E-state index contributed by atoms with van der Waals surface area (Å²) in [6.45, 7) is 0. The largest absolute Gasteiger partial charge is 0.192 e. The molecule has 0 heterocycles. The lowest BCUT2D eigenvalue weighted by Crippen LogP contribution is -1.92. The molecule has 0 spiro atoms. The van der Waals surface area contributed by atoms with Crippen LogP contribution in [0.15, 0.2) is 127 Å². The van der Waals surface area contributed by atoms with Crippen LogP contribution in [0.5, 0.6) is 0 Å². The molecule has 0 unspecified atom stereocenters. The van der Waals surface area contributed by atoms with E-state index in [1.54, 1.807) is 0 Å². The molecule has 0 aliphatic carbocycles. The Bertz CT molecular complexity index is 1930. The van der Waals surface area contributed by atoms with Crippen molar-refractivity contribution < 1.29 is 0 Å². The number of hydrogen-bond acceptors (Lipinski definition) is 1. The Hall–Kier alpha value is -4.93. The quantitative estimate of drug-likeness (QED) is 0.188. The zero-order valence-corrected chi connectivity index (χ0v) is 19.6. The second kappa shape index (κ2) is 8.08. The number of hydrogen-bond donors (Lipinski definition) is 0. The summed E-state index contributed by atoms with van der Waals surface area (Å²) in [5.41, 5.74) is 5.52. The van der Waals surface area contributed by atoms with Crippen molar-refractivity contribution in [3.8, 4) is 28.3 Å². The lowest BCUT2D eigenvalue weighted by atomic mass is 9.84. The van der Waals surface area contributed by atoms with Crippen LogP contribution >= 0.6 is 0 Å². The minimum atomic E-state index is 0.673. The molecule has 0 saturated carbocycles. The van der Waals surface area contributed by atoms with Crippen LogP contribution in [0.2, 0.25) is 0 Å².